The maximum atomic E-state index is 12.1. The fourth-order valence-corrected chi connectivity index (χ4v) is 2.68. The zero-order valence-electron chi connectivity index (χ0n) is 11.6. The number of carbonyl (C=O) groups is 1. The Morgan fingerprint density at radius 1 is 1.25 bits per heavy atom. The van der Waals surface area contributed by atoms with E-state index in [2.05, 4.69) is 15.9 Å². The fourth-order valence-electron chi connectivity index (χ4n) is 1.99. The molecule has 0 aliphatic carbocycles. The van der Waals surface area contributed by atoms with Crippen LogP contribution < -0.4 is 4.74 Å². The van der Waals surface area contributed by atoms with Crippen LogP contribution in [0.3, 0.4) is 0 Å². The SMILES string of the molecule is CCCOc1c(C(=O)OCC)cc2ccccc2c1Br. The number of ether oxygens (including phenoxy) is 2. The first-order valence-electron chi connectivity index (χ1n) is 6.70. The third kappa shape index (κ3) is 2.96. The summed E-state index contributed by atoms with van der Waals surface area (Å²) >= 11 is 3.55. The van der Waals surface area contributed by atoms with Gasteiger partial charge in [-0.15, -0.1) is 0 Å². The monoisotopic (exact) mass is 336 g/mol. The Morgan fingerprint density at radius 3 is 2.70 bits per heavy atom. The topological polar surface area (TPSA) is 35.5 Å². The molecule has 0 atom stereocenters. The maximum Gasteiger partial charge on any atom is 0.341 e. The van der Waals surface area contributed by atoms with Gasteiger partial charge in [0.15, 0.2) is 0 Å². The molecule has 0 fully saturated rings. The molecule has 0 bridgehead atoms. The highest BCUT2D eigenvalue weighted by Gasteiger charge is 2.19. The lowest BCUT2D eigenvalue weighted by atomic mass is 10.1. The molecule has 0 aliphatic heterocycles. The van der Waals surface area contributed by atoms with E-state index in [9.17, 15) is 4.79 Å². The highest BCUT2D eigenvalue weighted by Crippen LogP contribution is 2.37. The second-order valence-electron chi connectivity index (χ2n) is 4.36. The summed E-state index contributed by atoms with van der Waals surface area (Å²) in [4.78, 5) is 12.1. The molecule has 2 aromatic carbocycles. The molecular formula is C16H17BrO3. The van der Waals surface area contributed by atoms with Gasteiger partial charge in [0.2, 0.25) is 0 Å². The number of benzene rings is 2. The number of rotatable bonds is 5. The van der Waals surface area contributed by atoms with E-state index in [4.69, 9.17) is 9.47 Å². The first-order valence-corrected chi connectivity index (χ1v) is 7.49. The largest absolute Gasteiger partial charge is 0.491 e. The first kappa shape index (κ1) is 14.9. The van der Waals surface area contributed by atoms with Crippen molar-refractivity contribution in [2.45, 2.75) is 20.3 Å². The van der Waals surface area contributed by atoms with Crippen molar-refractivity contribution in [1.82, 2.24) is 0 Å². The van der Waals surface area contributed by atoms with Crippen LogP contribution in [0, 0.1) is 0 Å². The number of hydrogen-bond donors (Lipinski definition) is 0. The van der Waals surface area contributed by atoms with Gasteiger partial charge in [-0.2, -0.15) is 0 Å². The zero-order valence-corrected chi connectivity index (χ0v) is 13.2. The summed E-state index contributed by atoms with van der Waals surface area (Å²) in [6, 6.07) is 9.68. The average molecular weight is 337 g/mol. The minimum atomic E-state index is -0.356. The number of carbonyl (C=O) groups excluding carboxylic acids is 1. The summed E-state index contributed by atoms with van der Waals surface area (Å²) in [7, 11) is 0. The molecule has 20 heavy (non-hydrogen) atoms. The average Bonchev–Trinajstić information content (AvgIpc) is 2.46. The van der Waals surface area contributed by atoms with Crippen molar-refractivity contribution in [2.24, 2.45) is 0 Å². The summed E-state index contributed by atoms with van der Waals surface area (Å²) in [6.45, 7) is 4.72. The van der Waals surface area contributed by atoms with Crippen molar-refractivity contribution in [2.75, 3.05) is 13.2 Å². The van der Waals surface area contributed by atoms with Gasteiger partial charge in [0.05, 0.1) is 17.7 Å². The van der Waals surface area contributed by atoms with Crippen molar-refractivity contribution in [3.05, 3.63) is 40.4 Å². The van der Waals surface area contributed by atoms with Gasteiger partial charge in [0, 0.05) is 0 Å². The van der Waals surface area contributed by atoms with Gasteiger partial charge in [-0.3, -0.25) is 0 Å². The number of fused-ring (bicyclic) bond motifs is 1. The highest BCUT2D eigenvalue weighted by molar-refractivity contribution is 9.10. The Bertz CT molecular complexity index is 622. The van der Waals surface area contributed by atoms with Gasteiger partial charge in [-0.25, -0.2) is 4.79 Å². The van der Waals surface area contributed by atoms with Crippen LogP contribution >= 0.6 is 15.9 Å². The summed E-state index contributed by atoms with van der Waals surface area (Å²) < 4.78 is 11.7. The molecule has 106 valence electrons. The maximum absolute atomic E-state index is 12.1. The van der Waals surface area contributed by atoms with E-state index < -0.39 is 0 Å². The number of hydrogen-bond acceptors (Lipinski definition) is 3. The van der Waals surface area contributed by atoms with Crippen LogP contribution in [0.5, 0.6) is 5.75 Å². The van der Waals surface area contributed by atoms with E-state index in [0.717, 1.165) is 21.7 Å². The standard InChI is InChI=1S/C16H17BrO3/c1-3-9-20-15-13(16(18)19-4-2)10-11-7-5-6-8-12(11)14(15)17/h5-8,10H,3-4,9H2,1-2H3. The molecule has 0 amide bonds. The highest BCUT2D eigenvalue weighted by atomic mass is 79.9. The molecule has 0 saturated carbocycles. The second kappa shape index (κ2) is 6.75. The molecule has 2 aromatic rings. The molecule has 2 rings (SSSR count). The minimum Gasteiger partial charge on any atom is -0.491 e. The lowest BCUT2D eigenvalue weighted by molar-refractivity contribution is 0.0521. The Labute approximate surface area is 127 Å². The quantitative estimate of drug-likeness (QED) is 0.750. The first-order chi connectivity index (χ1) is 9.69. The van der Waals surface area contributed by atoms with Gasteiger partial charge >= 0.3 is 5.97 Å². The van der Waals surface area contributed by atoms with Crippen LogP contribution in [0.25, 0.3) is 10.8 Å². The molecule has 0 N–H and O–H groups in total. The molecule has 4 heteroatoms. The van der Waals surface area contributed by atoms with Crippen LogP contribution in [0.1, 0.15) is 30.6 Å². The van der Waals surface area contributed by atoms with Crippen molar-refractivity contribution < 1.29 is 14.3 Å². The van der Waals surface area contributed by atoms with E-state index in [1.807, 2.05) is 37.3 Å². The molecule has 0 saturated heterocycles. The van der Waals surface area contributed by atoms with Gasteiger partial charge in [0.1, 0.15) is 11.3 Å². The molecule has 0 heterocycles. The Balaban J connectivity index is 2.59. The third-order valence-corrected chi connectivity index (χ3v) is 3.67. The number of esters is 1. The Kier molecular flexibility index (Phi) is 5.01. The fraction of sp³-hybridized carbons (Fsp3) is 0.312. The third-order valence-electron chi connectivity index (χ3n) is 2.89. The van der Waals surface area contributed by atoms with Gasteiger partial charge in [0.25, 0.3) is 0 Å². The Morgan fingerprint density at radius 2 is 2.00 bits per heavy atom. The summed E-state index contributed by atoms with van der Waals surface area (Å²) in [5, 5.41) is 2.00. The van der Waals surface area contributed by atoms with Gasteiger partial charge < -0.3 is 9.47 Å². The lowest BCUT2D eigenvalue weighted by Gasteiger charge is -2.14. The van der Waals surface area contributed by atoms with E-state index in [-0.39, 0.29) is 5.97 Å². The molecular weight excluding hydrogens is 320 g/mol. The Hall–Kier alpha value is -1.55. The van der Waals surface area contributed by atoms with E-state index in [1.54, 1.807) is 6.92 Å². The second-order valence-corrected chi connectivity index (χ2v) is 5.15. The predicted octanol–water partition coefficient (Wildman–Crippen LogP) is 4.57. The number of halogens is 1. The van der Waals surface area contributed by atoms with Gasteiger partial charge in [-0.05, 0) is 46.1 Å². The normalized spacial score (nSPS) is 10.6. The molecule has 0 radical (unpaired) electrons. The zero-order chi connectivity index (χ0) is 14.5. The van der Waals surface area contributed by atoms with E-state index >= 15 is 0 Å². The van der Waals surface area contributed by atoms with Crippen molar-refractivity contribution in [3.63, 3.8) is 0 Å². The van der Waals surface area contributed by atoms with Crippen LogP contribution in [0.15, 0.2) is 34.8 Å². The molecule has 0 aliphatic rings. The summed E-state index contributed by atoms with van der Waals surface area (Å²) in [6.07, 6.45) is 0.877. The molecule has 0 spiro atoms. The van der Waals surface area contributed by atoms with Crippen molar-refractivity contribution in [1.29, 1.82) is 0 Å². The van der Waals surface area contributed by atoms with E-state index in [0.29, 0.717) is 24.5 Å². The van der Waals surface area contributed by atoms with Gasteiger partial charge in [-0.1, -0.05) is 31.2 Å². The van der Waals surface area contributed by atoms with Crippen LogP contribution in [0.2, 0.25) is 0 Å². The van der Waals surface area contributed by atoms with Crippen LogP contribution in [-0.2, 0) is 4.74 Å². The minimum absolute atomic E-state index is 0.344. The molecule has 3 nitrogen and oxygen atoms in total. The molecule has 0 unspecified atom stereocenters. The predicted molar refractivity (Wildman–Crippen MR) is 83.4 cm³/mol. The lowest BCUT2D eigenvalue weighted by Crippen LogP contribution is -2.09. The smallest absolute Gasteiger partial charge is 0.341 e. The summed E-state index contributed by atoms with van der Waals surface area (Å²) in [5.74, 6) is 0.203. The van der Waals surface area contributed by atoms with Crippen LogP contribution in [0.4, 0.5) is 0 Å². The molecule has 0 aromatic heterocycles. The van der Waals surface area contributed by atoms with Crippen molar-refractivity contribution in [3.8, 4) is 5.75 Å². The van der Waals surface area contributed by atoms with Crippen LogP contribution in [-0.4, -0.2) is 19.2 Å². The van der Waals surface area contributed by atoms with E-state index in [1.165, 1.54) is 0 Å². The van der Waals surface area contributed by atoms with Crippen molar-refractivity contribution >= 4 is 32.7 Å². The summed E-state index contributed by atoms with van der Waals surface area (Å²) in [5.41, 5.74) is 0.464.